The molecule has 0 saturated carbocycles. The first-order chi connectivity index (χ1) is 15.8. The molecule has 0 unspecified atom stereocenters. The summed E-state index contributed by atoms with van der Waals surface area (Å²) in [7, 11) is 2.83. The van der Waals surface area contributed by atoms with E-state index in [1.807, 2.05) is 0 Å². The molecule has 2 heterocycles. The molecule has 2 aromatic carbocycles. The third-order valence-electron chi connectivity index (χ3n) is 5.75. The van der Waals surface area contributed by atoms with Crippen molar-refractivity contribution in [3.63, 3.8) is 0 Å². The molecule has 0 amide bonds. The van der Waals surface area contributed by atoms with Crippen LogP contribution >= 0.6 is 0 Å². The van der Waals surface area contributed by atoms with Gasteiger partial charge in [-0.15, -0.1) is 0 Å². The number of aliphatic hydroxyl groups is 4. The van der Waals surface area contributed by atoms with Crippen molar-refractivity contribution >= 4 is 11.0 Å². The van der Waals surface area contributed by atoms with Gasteiger partial charge in [0.05, 0.1) is 26.4 Å². The molecule has 10 heteroatoms. The smallest absolute Gasteiger partial charge is 0.197 e. The maximum atomic E-state index is 13.0. The Labute approximate surface area is 187 Å². The summed E-state index contributed by atoms with van der Waals surface area (Å²) in [6.45, 7) is -0.638. The summed E-state index contributed by atoms with van der Waals surface area (Å²) in [6, 6.07) is 9.10. The Morgan fingerprint density at radius 1 is 0.970 bits per heavy atom. The number of fused-ring (bicyclic) bond motifs is 1. The monoisotopic (exact) mass is 460 g/mol. The molecule has 176 valence electrons. The van der Waals surface area contributed by atoms with Gasteiger partial charge in [0.25, 0.3) is 0 Å². The fraction of sp³-hybridized carbons (Fsp3) is 0.348. The second-order valence-electron chi connectivity index (χ2n) is 7.67. The van der Waals surface area contributed by atoms with Crippen molar-refractivity contribution < 1.29 is 44.2 Å². The van der Waals surface area contributed by atoms with Crippen molar-refractivity contribution in [2.75, 3.05) is 20.8 Å². The van der Waals surface area contributed by atoms with Crippen LogP contribution in [0.3, 0.4) is 0 Å². The Balaban J connectivity index is 1.97. The Hall–Kier alpha value is -3.15. The van der Waals surface area contributed by atoms with Crippen LogP contribution in [0.2, 0.25) is 0 Å². The van der Waals surface area contributed by atoms with Crippen molar-refractivity contribution in [3.8, 4) is 28.6 Å². The zero-order valence-corrected chi connectivity index (χ0v) is 17.8. The summed E-state index contributed by atoms with van der Waals surface area (Å²) < 4.78 is 22.2. The Morgan fingerprint density at radius 2 is 1.67 bits per heavy atom. The van der Waals surface area contributed by atoms with Gasteiger partial charge >= 0.3 is 0 Å². The topological polar surface area (TPSA) is 159 Å². The van der Waals surface area contributed by atoms with Crippen LogP contribution in [-0.4, -0.2) is 70.8 Å². The highest BCUT2D eigenvalue weighted by molar-refractivity contribution is 5.89. The summed E-state index contributed by atoms with van der Waals surface area (Å²) in [5, 5.41) is 50.9. The van der Waals surface area contributed by atoms with E-state index in [-0.39, 0.29) is 28.0 Å². The molecule has 1 fully saturated rings. The third-order valence-corrected chi connectivity index (χ3v) is 5.75. The van der Waals surface area contributed by atoms with Gasteiger partial charge in [0.2, 0.25) is 0 Å². The lowest BCUT2D eigenvalue weighted by molar-refractivity contribution is -0.231. The van der Waals surface area contributed by atoms with Gasteiger partial charge in [-0.3, -0.25) is 4.79 Å². The highest BCUT2D eigenvalue weighted by Crippen LogP contribution is 2.44. The van der Waals surface area contributed by atoms with Gasteiger partial charge in [-0.2, -0.15) is 0 Å². The van der Waals surface area contributed by atoms with Gasteiger partial charge in [-0.1, -0.05) is 0 Å². The molecule has 1 aliphatic rings. The average molecular weight is 460 g/mol. The number of phenolic OH excluding ortho intramolecular Hbond substituents is 1. The maximum Gasteiger partial charge on any atom is 0.197 e. The molecule has 33 heavy (non-hydrogen) atoms. The molecule has 5 atom stereocenters. The van der Waals surface area contributed by atoms with Gasteiger partial charge in [0.1, 0.15) is 58.9 Å². The number of methoxy groups -OCH3 is 2. The highest BCUT2D eigenvalue weighted by Gasteiger charge is 2.46. The van der Waals surface area contributed by atoms with Gasteiger partial charge in [-0.05, 0) is 24.3 Å². The normalized spacial score (nSPS) is 25.2. The number of phenols is 1. The number of aliphatic hydroxyl groups excluding tert-OH is 4. The van der Waals surface area contributed by atoms with Crippen LogP contribution in [-0.2, 0) is 4.74 Å². The summed E-state index contributed by atoms with van der Waals surface area (Å²) in [4.78, 5) is 13.0. The van der Waals surface area contributed by atoms with E-state index in [1.54, 1.807) is 24.3 Å². The van der Waals surface area contributed by atoms with E-state index in [0.29, 0.717) is 11.3 Å². The molecule has 1 saturated heterocycles. The van der Waals surface area contributed by atoms with E-state index in [4.69, 9.17) is 18.6 Å². The third kappa shape index (κ3) is 3.92. The highest BCUT2D eigenvalue weighted by atomic mass is 16.5. The number of rotatable bonds is 5. The molecule has 10 nitrogen and oxygen atoms in total. The first-order valence-corrected chi connectivity index (χ1v) is 10.1. The Bertz CT molecular complexity index is 1200. The minimum atomic E-state index is -1.66. The number of benzene rings is 2. The van der Waals surface area contributed by atoms with Crippen LogP contribution in [0, 0.1) is 0 Å². The van der Waals surface area contributed by atoms with E-state index in [1.165, 1.54) is 26.4 Å². The van der Waals surface area contributed by atoms with Gasteiger partial charge in [0, 0.05) is 17.7 Å². The summed E-state index contributed by atoms with van der Waals surface area (Å²) in [5.74, 6) is 0.362. The fourth-order valence-electron chi connectivity index (χ4n) is 3.99. The van der Waals surface area contributed by atoms with Crippen molar-refractivity contribution in [1.29, 1.82) is 0 Å². The minimum absolute atomic E-state index is 0.0133. The number of hydrogen-bond donors (Lipinski definition) is 5. The molecular weight excluding hydrogens is 436 g/mol. The molecule has 4 rings (SSSR count). The molecule has 0 bridgehead atoms. The maximum absolute atomic E-state index is 13.0. The summed E-state index contributed by atoms with van der Waals surface area (Å²) in [5.41, 5.74) is -0.117. The molecular formula is C23H24O10. The van der Waals surface area contributed by atoms with E-state index in [9.17, 15) is 30.3 Å². The lowest BCUT2D eigenvalue weighted by Gasteiger charge is -2.40. The standard InChI is InChI=1S/C23H24O10/c1-30-11-5-3-10(4-6-11)14-7-12(25)17-13(26)8-15(31-2)18(22(17)32-14)23-21(29)20(28)19(27)16(9-24)33-23/h3-8,16,19-21,23-24,26-29H,9H2,1-2H3/t16-,19-,20+,21-,23+/m1/s1. The molecule has 3 aromatic rings. The molecule has 0 spiro atoms. The first-order valence-electron chi connectivity index (χ1n) is 10.1. The van der Waals surface area contributed by atoms with Crippen LogP contribution in [0.1, 0.15) is 11.7 Å². The van der Waals surface area contributed by atoms with Crippen LogP contribution in [0.4, 0.5) is 0 Å². The van der Waals surface area contributed by atoms with Gasteiger partial charge in [0.15, 0.2) is 11.0 Å². The predicted molar refractivity (Wildman–Crippen MR) is 115 cm³/mol. The van der Waals surface area contributed by atoms with E-state index >= 15 is 0 Å². The van der Waals surface area contributed by atoms with E-state index in [0.717, 1.165) is 0 Å². The number of hydrogen-bond acceptors (Lipinski definition) is 10. The minimum Gasteiger partial charge on any atom is -0.507 e. The Kier molecular flexibility index (Phi) is 6.28. The largest absolute Gasteiger partial charge is 0.507 e. The van der Waals surface area contributed by atoms with Gasteiger partial charge in [-0.25, -0.2) is 0 Å². The second-order valence-corrected chi connectivity index (χ2v) is 7.67. The van der Waals surface area contributed by atoms with Gasteiger partial charge < -0.3 is 44.2 Å². The van der Waals surface area contributed by atoms with E-state index in [2.05, 4.69) is 0 Å². The second kappa shape index (κ2) is 9.00. The molecule has 0 radical (unpaired) electrons. The van der Waals surface area contributed by atoms with Crippen molar-refractivity contribution in [2.45, 2.75) is 30.5 Å². The number of ether oxygens (including phenoxy) is 3. The van der Waals surface area contributed by atoms with Crippen LogP contribution in [0.5, 0.6) is 17.2 Å². The zero-order chi connectivity index (χ0) is 23.9. The lowest BCUT2D eigenvalue weighted by atomic mass is 9.89. The SMILES string of the molecule is COc1ccc(-c2cc(=O)c3c(O)cc(OC)c([C@@H]4O[C@H](CO)[C@@H](O)[C@H](O)[C@H]4O)c3o2)cc1. The molecule has 0 aliphatic carbocycles. The summed E-state index contributed by atoms with van der Waals surface area (Å²) >= 11 is 0. The predicted octanol–water partition coefficient (Wildman–Crippen LogP) is 0.698. The quantitative estimate of drug-likeness (QED) is 0.367. The molecule has 5 N–H and O–H groups in total. The fourth-order valence-corrected chi connectivity index (χ4v) is 3.99. The average Bonchev–Trinajstić information content (AvgIpc) is 2.82. The Morgan fingerprint density at radius 3 is 2.27 bits per heavy atom. The van der Waals surface area contributed by atoms with Crippen molar-refractivity contribution in [1.82, 2.24) is 0 Å². The first kappa shape index (κ1) is 23.0. The van der Waals surface area contributed by atoms with Crippen molar-refractivity contribution in [2.24, 2.45) is 0 Å². The van der Waals surface area contributed by atoms with Crippen LogP contribution in [0.15, 0.2) is 45.6 Å². The van der Waals surface area contributed by atoms with Crippen LogP contribution in [0.25, 0.3) is 22.3 Å². The lowest BCUT2D eigenvalue weighted by Crippen LogP contribution is -2.55. The van der Waals surface area contributed by atoms with E-state index < -0.39 is 48.3 Å². The zero-order valence-electron chi connectivity index (χ0n) is 17.8. The molecule has 1 aromatic heterocycles. The van der Waals surface area contributed by atoms with Crippen molar-refractivity contribution in [3.05, 3.63) is 52.2 Å². The summed E-state index contributed by atoms with van der Waals surface area (Å²) in [6.07, 6.45) is -7.44. The number of aromatic hydroxyl groups is 1. The molecule has 1 aliphatic heterocycles. The van der Waals surface area contributed by atoms with Crippen LogP contribution < -0.4 is 14.9 Å².